The van der Waals surface area contributed by atoms with Gasteiger partial charge in [0.15, 0.2) is 0 Å². The number of anilines is 2. The third kappa shape index (κ3) is 3.97. The van der Waals surface area contributed by atoms with Crippen molar-refractivity contribution in [1.29, 1.82) is 0 Å². The maximum atomic E-state index is 8.98. The third-order valence-electron chi connectivity index (χ3n) is 2.14. The maximum Gasteiger partial charge on any atom is 0.322 e. The molecule has 0 aromatic carbocycles. The van der Waals surface area contributed by atoms with Crippen LogP contribution in [-0.2, 0) is 0 Å². The molecule has 0 aliphatic carbocycles. The molecule has 0 fully saturated rings. The summed E-state index contributed by atoms with van der Waals surface area (Å²) in [5, 5.41) is 20.9. The minimum absolute atomic E-state index is 0.0511. The van der Waals surface area contributed by atoms with Gasteiger partial charge in [0.1, 0.15) is 0 Å². The number of ether oxygens (including phenoxy) is 1. The van der Waals surface area contributed by atoms with Gasteiger partial charge in [-0.2, -0.15) is 15.0 Å². The first-order chi connectivity index (χ1) is 8.74. The van der Waals surface area contributed by atoms with Gasteiger partial charge in [0, 0.05) is 19.6 Å². The Balaban J connectivity index is 2.99. The number of hydrogen-bond acceptors (Lipinski definition) is 8. The smallest absolute Gasteiger partial charge is 0.322 e. The SMILES string of the molecule is CCNc1nc(OC)nc(N(CCO)CCO)n1. The average molecular weight is 257 g/mol. The first-order valence-corrected chi connectivity index (χ1v) is 5.75. The van der Waals surface area contributed by atoms with Crippen LogP contribution in [0.1, 0.15) is 6.92 Å². The molecular weight excluding hydrogens is 238 g/mol. The van der Waals surface area contributed by atoms with Crippen LogP contribution < -0.4 is 15.0 Å². The van der Waals surface area contributed by atoms with Crippen LogP contribution >= 0.6 is 0 Å². The minimum atomic E-state index is -0.0511. The maximum absolute atomic E-state index is 8.98. The zero-order valence-electron chi connectivity index (χ0n) is 10.6. The van der Waals surface area contributed by atoms with Crippen molar-refractivity contribution in [1.82, 2.24) is 15.0 Å². The molecule has 0 saturated carbocycles. The molecule has 1 rings (SSSR count). The molecule has 0 unspecified atom stereocenters. The Hall–Kier alpha value is -1.67. The standard InChI is InChI=1S/C10H19N5O3/c1-3-11-8-12-9(14-10(13-8)18-2)15(4-6-16)5-7-17/h16-17H,3-7H2,1-2H3,(H,11,12,13,14). The lowest BCUT2D eigenvalue weighted by atomic mass is 10.5. The van der Waals surface area contributed by atoms with Crippen molar-refractivity contribution < 1.29 is 14.9 Å². The summed E-state index contributed by atoms with van der Waals surface area (Å²) in [5.74, 6) is 0.765. The van der Waals surface area contributed by atoms with Gasteiger partial charge in [-0.3, -0.25) is 0 Å². The third-order valence-corrected chi connectivity index (χ3v) is 2.14. The first kappa shape index (κ1) is 14.4. The van der Waals surface area contributed by atoms with Crippen molar-refractivity contribution in [3.05, 3.63) is 0 Å². The molecule has 0 spiro atoms. The lowest BCUT2D eigenvalue weighted by Crippen LogP contribution is -2.31. The Kier molecular flexibility index (Phi) is 6.09. The molecule has 0 aliphatic rings. The molecule has 1 aromatic heterocycles. The molecule has 8 heteroatoms. The lowest BCUT2D eigenvalue weighted by molar-refractivity contribution is 0.279. The number of aliphatic hydroxyl groups excluding tert-OH is 2. The number of rotatable bonds is 8. The van der Waals surface area contributed by atoms with Crippen LogP contribution in [0.4, 0.5) is 11.9 Å². The predicted octanol–water partition coefficient (Wildman–Crippen LogP) is -0.897. The van der Waals surface area contributed by atoms with E-state index in [2.05, 4.69) is 20.3 Å². The van der Waals surface area contributed by atoms with Gasteiger partial charge in [-0.1, -0.05) is 0 Å². The van der Waals surface area contributed by atoms with E-state index in [1.165, 1.54) is 7.11 Å². The number of nitrogens with zero attached hydrogens (tertiary/aromatic N) is 4. The summed E-state index contributed by atoms with van der Waals surface area (Å²) in [7, 11) is 1.47. The van der Waals surface area contributed by atoms with Crippen molar-refractivity contribution >= 4 is 11.9 Å². The lowest BCUT2D eigenvalue weighted by Gasteiger charge is -2.20. The first-order valence-electron chi connectivity index (χ1n) is 5.75. The van der Waals surface area contributed by atoms with Crippen molar-refractivity contribution in [2.24, 2.45) is 0 Å². The normalized spacial score (nSPS) is 10.2. The summed E-state index contributed by atoms with van der Waals surface area (Å²) >= 11 is 0. The van der Waals surface area contributed by atoms with Gasteiger partial charge in [-0.25, -0.2) is 0 Å². The Bertz CT molecular complexity index is 357. The second-order valence-electron chi connectivity index (χ2n) is 3.41. The second kappa shape index (κ2) is 7.62. The van der Waals surface area contributed by atoms with E-state index < -0.39 is 0 Å². The molecule has 0 aliphatic heterocycles. The van der Waals surface area contributed by atoms with Crippen molar-refractivity contribution in [3.8, 4) is 6.01 Å². The van der Waals surface area contributed by atoms with Gasteiger partial charge in [-0.05, 0) is 6.92 Å². The Morgan fingerprint density at radius 3 is 2.33 bits per heavy atom. The zero-order valence-corrected chi connectivity index (χ0v) is 10.6. The highest BCUT2D eigenvalue weighted by Gasteiger charge is 2.13. The molecule has 1 heterocycles. The van der Waals surface area contributed by atoms with Crippen molar-refractivity contribution in [3.63, 3.8) is 0 Å². The molecular formula is C10H19N5O3. The van der Waals surface area contributed by atoms with Gasteiger partial charge in [-0.15, -0.1) is 0 Å². The fourth-order valence-corrected chi connectivity index (χ4v) is 1.37. The van der Waals surface area contributed by atoms with E-state index >= 15 is 0 Å². The molecule has 8 nitrogen and oxygen atoms in total. The largest absolute Gasteiger partial charge is 0.467 e. The van der Waals surface area contributed by atoms with Crippen molar-refractivity contribution in [2.45, 2.75) is 6.92 Å². The second-order valence-corrected chi connectivity index (χ2v) is 3.41. The van der Waals surface area contributed by atoms with Crippen LogP contribution in [0.2, 0.25) is 0 Å². The van der Waals surface area contributed by atoms with E-state index in [1.807, 2.05) is 6.92 Å². The number of aromatic nitrogens is 3. The Labute approximate surface area is 106 Å². The topological polar surface area (TPSA) is 104 Å². The summed E-state index contributed by atoms with van der Waals surface area (Å²) in [6, 6.07) is 0.192. The number of methoxy groups -OCH3 is 1. The van der Waals surface area contributed by atoms with E-state index in [0.717, 1.165) is 0 Å². The fourth-order valence-electron chi connectivity index (χ4n) is 1.37. The van der Waals surface area contributed by atoms with Crippen LogP contribution in [0.15, 0.2) is 0 Å². The van der Waals surface area contributed by atoms with Gasteiger partial charge in [0.05, 0.1) is 20.3 Å². The van der Waals surface area contributed by atoms with Gasteiger partial charge < -0.3 is 25.2 Å². The monoisotopic (exact) mass is 257 g/mol. The number of nitrogens with one attached hydrogen (secondary N) is 1. The summed E-state index contributed by atoms with van der Waals surface area (Å²) in [5.41, 5.74) is 0. The Morgan fingerprint density at radius 2 is 1.83 bits per heavy atom. The van der Waals surface area contributed by atoms with Crippen LogP contribution in [0.5, 0.6) is 6.01 Å². The van der Waals surface area contributed by atoms with E-state index in [9.17, 15) is 0 Å². The van der Waals surface area contributed by atoms with E-state index in [1.54, 1.807) is 4.90 Å². The van der Waals surface area contributed by atoms with Gasteiger partial charge in [0.2, 0.25) is 11.9 Å². The summed E-state index contributed by atoms with van der Waals surface area (Å²) < 4.78 is 4.99. The highest BCUT2D eigenvalue weighted by atomic mass is 16.5. The van der Waals surface area contributed by atoms with Crippen LogP contribution in [0.25, 0.3) is 0 Å². The number of aliphatic hydroxyl groups is 2. The van der Waals surface area contributed by atoms with E-state index in [0.29, 0.717) is 31.5 Å². The summed E-state index contributed by atoms with van der Waals surface area (Å²) in [6.07, 6.45) is 0. The molecule has 0 saturated heterocycles. The molecule has 18 heavy (non-hydrogen) atoms. The summed E-state index contributed by atoms with van der Waals surface area (Å²) in [4.78, 5) is 14.0. The minimum Gasteiger partial charge on any atom is -0.467 e. The molecule has 1 aromatic rings. The predicted molar refractivity (Wildman–Crippen MR) is 66.9 cm³/mol. The number of hydrogen-bond donors (Lipinski definition) is 3. The molecule has 0 amide bonds. The molecule has 0 radical (unpaired) electrons. The van der Waals surface area contributed by atoms with E-state index in [-0.39, 0.29) is 19.2 Å². The Morgan fingerprint density at radius 1 is 1.17 bits per heavy atom. The van der Waals surface area contributed by atoms with Gasteiger partial charge in [0.25, 0.3) is 0 Å². The molecule has 3 N–H and O–H groups in total. The van der Waals surface area contributed by atoms with Crippen molar-refractivity contribution in [2.75, 3.05) is 50.2 Å². The molecule has 102 valence electrons. The van der Waals surface area contributed by atoms with Gasteiger partial charge >= 0.3 is 6.01 Å². The van der Waals surface area contributed by atoms with Crippen LogP contribution in [0.3, 0.4) is 0 Å². The highest BCUT2D eigenvalue weighted by Crippen LogP contribution is 2.14. The molecule has 0 atom stereocenters. The van der Waals surface area contributed by atoms with Crippen LogP contribution in [-0.4, -0.2) is 65.1 Å². The average Bonchev–Trinajstić information content (AvgIpc) is 2.38. The van der Waals surface area contributed by atoms with Crippen LogP contribution in [0, 0.1) is 0 Å². The molecule has 0 bridgehead atoms. The zero-order chi connectivity index (χ0) is 13.4. The quantitative estimate of drug-likeness (QED) is 0.550. The highest BCUT2D eigenvalue weighted by molar-refractivity contribution is 5.38. The van der Waals surface area contributed by atoms with E-state index in [4.69, 9.17) is 14.9 Å². The summed E-state index contributed by atoms with van der Waals surface area (Å²) in [6.45, 7) is 3.16. The fraction of sp³-hybridized carbons (Fsp3) is 0.700.